The lowest BCUT2D eigenvalue weighted by Crippen LogP contribution is -2.35. The molecule has 0 aliphatic rings. The molecule has 20 heavy (non-hydrogen) atoms. The number of hydrogen-bond donors (Lipinski definition) is 3. The minimum absolute atomic E-state index is 0.160. The van der Waals surface area contributed by atoms with E-state index in [1.807, 2.05) is 0 Å². The number of H-pyrrole nitrogens is 1. The molecule has 1 aromatic heterocycles. The van der Waals surface area contributed by atoms with Crippen LogP contribution in [0.4, 0.5) is 5.69 Å². The molecule has 0 saturated carbocycles. The highest BCUT2D eigenvalue weighted by Gasteiger charge is 2.19. The fraction of sp³-hybridized carbons (Fsp3) is 0.364. The van der Waals surface area contributed by atoms with E-state index in [0.717, 1.165) is 12.3 Å². The van der Waals surface area contributed by atoms with Crippen molar-refractivity contribution in [3.8, 4) is 0 Å². The second-order valence-corrected chi connectivity index (χ2v) is 4.01. The highest BCUT2D eigenvalue weighted by Crippen LogP contribution is 2.08. The van der Waals surface area contributed by atoms with E-state index in [1.54, 1.807) is 6.92 Å². The lowest BCUT2D eigenvalue weighted by Gasteiger charge is -2.10. The van der Waals surface area contributed by atoms with Gasteiger partial charge in [0, 0.05) is 12.6 Å². The number of carbonyl (C=O) groups is 2. The monoisotopic (exact) mass is 283 g/mol. The van der Waals surface area contributed by atoms with Gasteiger partial charge >= 0.3 is 5.97 Å². The van der Waals surface area contributed by atoms with Crippen LogP contribution in [0.15, 0.2) is 17.1 Å². The SMILES string of the molecule is CCC(CNC(=O)c1cc([N+](=O)[O-])c[nH]c1=O)C(=O)O. The standard InChI is InChI=1S/C11H13N3O6/c1-2-6(11(17)18)4-12-9(15)8-3-7(14(19)20)5-13-10(8)16/h3,5-6H,2,4H2,1H3,(H,12,15)(H,13,16)(H,17,18). The summed E-state index contributed by atoms with van der Waals surface area (Å²) in [6.07, 6.45) is 1.19. The number of aromatic nitrogens is 1. The third kappa shape index (κ3) is 3.64. The van der Waals surface area contributed by atoms with Crippen molar-refractivity contribution in [2.24, 2.45) is 5.92 Å². The Morgan fingerprint density at radius 2 is 2.20 bits per heavy atom. The maximum atomic E-state index is 11.7. The van der Waals surface area contributed by atoms with Crippen LogP contribution in [0.1, 0.15) is 23.7 Å². The molecule has 3 N–H and O–H groups in total. The number of aliphatic carboxylic acids is 1. The minimum atomic E-state index is -1.07. The molecule has 0 radical (unpaired) electrons. The van der Waals surface area contributed by atoms with Crippen molar-refractivity contribution in [1.82, 2.24) is 10.3 Å². The van der Waals surface area contributed by atoms with Gasteiger partial charge in [-0.25, -0.2) is 0 Å². The molecule has 0 fully saturated rings. The second kappa shape index (κ2) is 6.45. The number of aromatic amines is 1. The van der Waals surface area contributed by atoms with E-state index in [4.69, 9.17) is 5.11 Å². The number of rotatable bonds is 6. The topological polar surface area (TPSA) is 142 Å². The molecule has 0 aliphatic heterocycles. The number of nitro groups is 1. The Morgan fingerprint density at radius 3 is 2.70 bits per heavy atom. The molecule has 1 atom stereocenters. The van der Waals surface area contributed by atoms with E-state index in [1.165, 1.54) is 0 Å². The Bertz CT molecular complexity index is 594. The number of carbonyl (C=O) groups excluding carboxylic acids is 1. The van der Waals surface area contributed by atoms with Crippen LogP contribution in [-0.2, 0) is 4.79 Å². The van der Waals surface area contributed by atoms with Gasteiger partial charge in [-0.1, -0.05) is 6.92 Å². The summed E-state index contributed by atoms with van der Waals surface area (Å²) in [6.45, 7) is 1.48. The van der Waals surface area contributed by atoms with Gasteiger partial charge in [-0.15, -0.1) is 0 Å². The fourth-order valence-electron chi connectivity index (χ4n) is 1.46. The molecule has 0 spiro atoms. The van der Waals surface area contributed by atoms with Crippen molar-refractivity contribution in [1.29, 1.82) is 0 Å². The molecule has 0 bridgehead atoms. The molecule has 0 aromatic carbocycles. The largest absolute Gasteiger partial charge is 0.481 e. The average Bonchev–Trinajstić information content (AvgIpc) is 2.38. The van der Waals surface area contributed by atoms with Crippen molar-refractivity contribution < 1.29 is 19.6 Å². The van der Waals surface area contributed by atoms with E-state index in [9.17, 15) is 24.5 Å². The van der Waals surface area contributed by atoms with Crippen molar-refractivity contribution in [3.05, 3.63) is 38.3 Å². The normalized spacial score (nSPS) is 11.7. The van der Waals surface area contributed by atoms with Gasteiger partial charge in [0.1, 0.15) is 5.56 Å². The van der Waals surface area contributed by atoms with Crippen LogP contribution >= 0.6 is 0 Å². The van der Waals surface area contributed by atoms with Gasteiger partial charge in [0.25, 0.3) is 17.2 Å². The van der Waals surface area contributed by atoms with E-state index in [2.05, 4.69) is 10.3 Å². The summed E-state index contributed by atoms with van der Waals surface area (Å²) in [6, 6.07) is 0.843. The zero-order valence-corrected chi connectivity index (χ0v) is 10.6. The van der Waals surface area contributed by atoms with Crippen LogP contribution < -0.4 is 10.9 Å². The third-order valence-electron chi connectivity index (χ3n) is 2.69. The van der Waals surface area contributed by atoms with Crippen molar-refractivity contribution >= 4 is 17.6 Å². The van der Waals surface area contributed by atoms with Crippen LogP contribution in [0.3, 0.4) is 0 Å². The molecule has 0 aliphatic carbocycles. The number of carboxylic acid groups (broad SMARTS) is 1. The number of amides is 1. The summed E-state index contributed by atoms with van der Waals surface area (Å²) >= 11 is 0. The Kier molecular flexibility index (Phi) is 4.95. The number of nitrogens with zero attached hydrogens (tertiary/aromatic N) is 1. The molecule has 1 rings (SSSR count). The van der Waals surface area contributed by atoms with Crippen LogP contribution in [-0.4, -0.2) is 33.4 Å². The van der Waals surface area contributed by atoms with Crippen molar-refractivity contribution in [3.63, 3.8) is 0 Å². The van der Waals surface area contributed by atoms with E-state index in [-0.39, 0.29) is 6.54 Å². The zero-order valence-electron chi connectivity index (χ0n) is 10.6. The predicted octanol–water partition coefficient (Wildman–Crippen LogP) is 0.124. The van der Waals surface area contributed by atoms with Gasteiger partial charge in [-0.2, -0.15) is 0 Å². The fourth-order valence-corrected chi connectivity index (χ4v) is 1.46. The molecule has 0 saturated heterocycles. The molecular formula is C11H13N3O6. The Labute approximate surface area is 112 Å². The minimum Gasteiger partial charge on any atom is -0.481 e. The summed E-state index contributed by atoms with van der Waals surface area (Å²) in [5, 5.41) is 21.7. The van der Waals surface area contributed by atoms with E-state index in [0.29, 0.717) is 6.42 Å². The summed E-state index contributed by atoms with van der Waals surface area (Å²) in [7, 11) is 0. The second-order valence-electron chi connectivity index (χ2n) is 4.01. The van der Waals surface area contributed by atoms with Crippen LogP contribution in [0.25, 0.3) is 0 Å². The van der Waals surface area contributed by atoms with Crippen molar-refractivity contribution in [2.75, 3.05) is 6.54 Å². The summed E-state index contributed by atoms with van der Waals surface area (Å²) in [5.74, 6) is -2.70. The molecule has 1 unspecified atom stereocenters. The molecular weight excluding hydrogens is 270 g/mol. The van der Waals surface area contributed by atoms with Gasteiger partial charge < -0.3 is 15.4 Å². The van der Waals surface area contributed by atoms with E-state index >= 15 is 0 Å². The summed E-state index contributed by atoms with van der Waals surface area (Å²) < 4.78 is 0. The lowest BCUT2D eigenvalue weighted by atomic mass is 10.1. The number of pyridine rings is 1. The van der Waals surface area contributed by atoms with Gasteiger partial charge in [0.05, 0.1) is 17.0 Å². The van der Waals surface area contributed by atoms with Crippen molar-refractivity contribution in [2.45, 2.75) is 13.3 Å². The van der Waals surface area contributed by atoms with Crippen LogP contribution in [0, 0.1) is 16.0 Å². The first-order chi connectivity index (χ1) is 9.36. The summed E-state index contributed by atoms with van der Waals surface area (Å²) in [4.78, 5) is 45.8. The molecule has 1 amide bonds. The first kappa shape index (κ1) is 15.3. The Hall–Kier alpha value is -2.71. The Balaban J connectivity index is 2.87. The molecule has 9 nitrogen and oxygen atoms in total. The van der Waals surface area contributed by atoms with Crippen LogP contribution in [0.5, 0.6) is 0 Å². The van der Waals surface area contributed by atoms with Gasteiger partial charge in [-0.3, -0.25) is 24.5 Å². The quantitative estimate of drug-likeness (QED) is 0.500. The molecule has 9 heteroatoms. The van der Waals surface area contributed by atoms with Gasteiger partial charge in [-0.05, 0) is 6.42 Å². The average molecular weight is 283 g/mol. The van der Waals surface area contributed by atoms with Gasteiger partial charge in [0.15, 0.2) is 0 Å². The third-order valence-corrected chi connectivity index (χ3v) is 2.69. The first-order valence-electron chi connectivity index (χ1n) is 5.75. The Morgan fingerprint density at radius 1 is 1.55 bits per heavy atom. The maximum Gasteiger partial charge on any atom is 0.308 e. The molecule has 1 aromatic rings. The molecule has 108 valence electrons. The first-order valence-corrected chi connectivity index (χ1v) is 5.75. The highest BCUT2D eigenvalue weighted by molar-refractivity contribution is 5.94. The number of nitrogens with one attached hydrogen (secondary N) is 2. The summed E-state index contributed by atoms with van der Waals surface area (Å²) in [5.41, 5.74) is -1.64. The lowest BCUT2D eigenvalue weighted by molar-refractivity contribution is -0.385. The highest BCUT2D eigenvalue weighted by atomic mass is 16.6. The van der Waals surface area contributed by atoms with Gasteiger partial charge in [0.2, 0.25) is 0 Å². The van der Waals surface area contributed by atoms with E-state index < -0.39 is 39.5 Å². The number of hydrogen-bond acceptors (Lipinski definition) is 5. The number of carboxylic acids is 1. The van der Waals surface area contributed by atoms with Crippen LogP contribution in [0.2, 0.25) is 0 Å². The molecule has 1 heterocycles. The zero-order chi connectivity index (χ0) is 15.3. The maximum absolute atomic E-state index is 11.7. The smallest absolute Gasteiger partial charge is 0.308 e. The predicted molar refractivity (Wildman–Crippen MR) is 67.5 cm³/mol.